The van der Waals surface area contributed by atoms with Crippen LogP contribution in [0.25, 0.3) is 0 Å². The Morgan fingerprint density at radius 2 is 1.78 bits per heavy atom. The molecule has 1 unspecified atom stereocenters. The second-order valence-electron chi connectivity index (χ2n) is 4.31. The van der Waals surface area contributed by atoms with E-state index in [9.17, 15) is 0 Å². The van der Waals surface area contributed by atoms with E-state index in [-0.39, 0.29) is 0 Å². The summed E-state index contributed by atoms with van der Waals surface area (Å²) < 4.78 is 15.5. The number of hydrogen-bond acceptors (Lipinski definition) is 4. The van der Waals surface area contributed by atoms with Crippen LogP contribution in [0.4, 0.5) is 5.69 Å². The van der Waals surface area contributed by atoms with Gasteiger partial charge in [0.2, 0.25) is 0 Å². The molecule has 1 rings (SSSR count). The second kappa shape index (κ2) is 8.78. The number of nitrogens with one attached hydrogen (secondary N) is 1. The van der Waals surface area contributed by atoms with Crippen molar-refractivity contribution in [1.29, 1.82) is 0 Å². The van der Waals surface area contributed by atoms with Gasteiger partial charge in [-0.05, 0) is 30.2 Å². The summed E-state index contributed by atoms with van der Waals surface area (Å²) in [6.07, 6.45) is 0. The van der Waals surface area contributed by atoms with Gasteiger partial charge in [-0.1, -0.05) is 6.92 Å². The van der Waals surface area contributed by atoms with Gasteiger partial charge < -0.3 is 19.5 Å². The Balaban J connectivity index is 2.31. The van der Waals surface area contributed by atoms with Gasteiger partial charge in [-0.2, -0.15) is 0 Å². The fourth-order valence-corrected chi connectivity index (χ4v) is 1.55. The average Bonchev–Trinajstić information content (AvgIpc) is 2.38. The SMILES string of the molecule is COCCOc1ccc(NCC(C)COC)cc1. The first-order chi connectivity index (χ1) is 8.76. The summed E-state index contributed by atoms with van der Waals surface area (Å²) in [5.74, 6) is 1.36. The minimum Gasteiger partial charge on any atom is -0.491 e. The highest BCUT2D eigenvalue weighted by molar-refractivity contribution is 5.46. The maximum atomic E-state index is 5.49. The van der Waals surface area contributed by atoms with E-state index in [1.54, 1.807) is 14.2 Å². The molecule has 0 radical (unpaired) electrons. The van der Waals surface area contributed by atoms with Crippen molar-refractivity contribution in [2.75, 3.05) is 45.9 Å². The normalized spacial score (nSPS) is 12.2. The van der Waals surface area contributed by atoms with Gasteiger partial charge in [-0.15, -0.1) is 0 Å². The molecule has 0 bridgehead atoms. The largest absolute Gasteiger partial charge is 0.491 e. The minimum absolute atomic E-state index is 0.493. The Bertz CT molecular complexity index is 313. The van der Waals surface area contributed by atoms with Crippen LogP contribution in [0.15, 0.2) is 24.3 Å². The molecule has 0 aliphatic heterocycles. The van der Waals surface area contributed by atoms with Gasteiger partial charge in [-0.25, -0.2) is 0 Å². The molecule has 0 aliphatic rings. The standard InChI is InChI=1S/C14H23NO3/c1-12(11-17-3)10-15-13-4-6-14(7-5-13)18-9-8-16-2/h4-7,12,15H,8-11H2,1-3H3. The molecule has 18 heavy (non-hydrogen) atoms. The highest BCUT2D eigenvalue weighted by Gasteiger charge is 2.01. The van der Waals surface area contributed by atoms with Crippen LogP contribution in [0.5, 0.6) is 5.75 Å². The number of rotatable bonds is 9. The first-order valence-electron chi connectivity index (χ1n) is 6.21. The van der Waals surface area contributed by atoms with E-state index in [0.29, 0.717) is 19.1 Å². The molecule has 0 saturated carbocycles. The number of anilines is 1. The second-order valence-corrected chi connectivity index (χ2v) is 4.31. The maximum absolute atomic E-state index is 5.49. The van der Waals surface area contributed by atoms with Crippen molar-refractivity contribution in [2.24, 2.45) is 5.92 Å². The van der Waals surface area contributed by atoms with Crippen LogP contribution in [-0.4, -0.2) is 40.6 Å². The molecular weight excluding hydrogens is 230 g/mol. The van der Waals surface area contributed by atoms with Gasteiger partial charge in [0.25, 0.3) is 0 Å². The third-order valence-corrected chi connectivity index (χ3v) is 2.52. The molecule has 1 N–H and O–H groups in total. The van der Waals surface area contributed by atoms with E-state index in [4.69, 9.17) is 14.2 Å². The lowest BCUT2D eigenvalue weighted by Gasteiger charge is -2.13. The Kier molecular flexibility index (Phi) is 7.22. The molecule has 1 aromatic rings. The molecule has 1 atom stereocenters. The monoisotopic (exact) mass is 253 g/mol. The zero-order chi connectivity index (χ0) is 13.2. The van der Waals surface area contributed by atoms with Crippen LogP contribution in [0, 0.1) is 5.92 Å². The Labute approximate surface area is 109 Å². The summed E-state index contributed by atoms with van der Waals surface area (Å²) in [6, 6.07) is 7.95. The van der Waals surface area contributed by atoms with Gasteiger partial charge >= 0.3 is 0 Å². The number of benzene rings is 1. The van der Waals surface area contributed by atoms with Crippen LogP contribution in [0.3, 0.4) is 0 Å². The molecule has 4 heteroatoms. The van der Waals surface area contributed by atoms with Crippen LogP contribution in [0.2, 0.25) is 0 Å². The van der Waals surface area contributed by atoms with Crippen LogP contribution >= 0.6 is 0 Å². The quantitative estimate of drug-likeness (QED) is 0.686. The van der Waals surface area contributed by atoms with E-state index in [1.807, 2.05) is 24.3 Å². The van der Waals surface area contributed by atoms with Crippen molar-refractivity contribution < 1.29 is 14.2 Å². The lowest BCUT2D eigenvalue weighted by molar-refractivity contribution is 0.146. The topological polar surface area (TPSA) is 39.7 Å². The minimum atomic E-state index is 0.493. The average molecular weight is 253 g/mol. The smallest absolute Gasteiger partial charge is 0.119 e. The maximum Gasteiger partial charge on any atom is 0.119 e. The van der Waals surface area contributed by atoms with Gasteiger partial charge in [0.05, 0.1) is 13.2 Å². The zero-order valence-electron chi connectivity index (χ0n) is 11.4. The van der Waals surface area contributed by atoms with Gasteiger partial charge in [-0.3, -0.25) is 0 Å². The summed E-state index contributed by atoms with van der Waals surface area (Å²) in [7, 11) is 3.39. The van der Waals surface area contributed by atoms with Gasteiger partial charge in [0.1, 0.15) is 12.4 Å². The van der Waals surface area contributed by atoms with Crippen LogP contribution in [-0.2, 0) is 9.47 Å². The molecular formula is C14H23NO3. The van der Waals surface area contributed by atoms with Gasteiger partial charge in [0, 0.05) is 26.5 Å². The Morgan fingerprint density at radius 3 is 2.39 bits per heavy atom. The first-order valence-corrected chi connectivity index (χ1v) is 6.21. The number of ether oxygens (including phenoxy) is 3. The Morgan fingerprint density at radius 1 is 1.06 bits per heavy atom. The molecule has 0 heterocycles. The van der Waals surface area contributed by atoms with Crippen molar-refractivity contribution in [1.82, 2.24) is 0 Å². The zero-order valence-corrected chi connectivity index (χ0v) is 11.4. The van der Waals surface area contributed by atoms with E-state index in [1.165, 1.54) is 0 Å². The summed E-state index contributed by atoms with van der Waals surface area (Å²) in [5, 5.41) is 3.36. The molecule has 0 saturated heterocycles. The lowest BCUT2D eigenvalue weighted by Crippen LogP contribution is -2.15. The van der Waals surface area contributed by atoms with E-state index in [0.717, 1.165) is 24.6 Å². The third kappa shape index (κ3) is 5.89. The highest BCUT2D eigenvalue weighted by atomic mass is 16.5. The molecule has 0 spiro atoms. The molecule has 4 nitrogen and oxygen atoms in total. The van der Waals surface area contributed by atoms with Crippen molar-refractivity contribution in [3.8, 4) is 5.75 Å². The lowest BCUT2D eigenvalue weighted by atomic mass is 10.2. The fraction of sp³-hybridized carbons (Fsp3) is 0.571. The highest BCUT2D eigenvalue weighted by Crippen LogP contribution is 2.15. The summed E-state index contributed by atoms with van der Waals surface area (Å²) in [6.45, 7) is 5.00. The van der Waals surface area contributed by atoms with Crippen molar-refractivity contribution in [3.05, 3.63) is 24.3 Å². The van der Waals surface area contributed by atoms with Crippen LogP contribution in [0.1, 0.15) is 6.92 Å². The van der Waals surface area contributed by atoms with E-state index in [2.05, 4.69) is 12.2 Å². The van der Waals surface area contributed by atoms with E-state index < -0.39 is 0 Å². The first kappa shape index (κ1) is 14.8. The molecule has 0 aliphatic carbocycles. The number of hydrogen-bond donors (Lipinski definition) is 1. The fourth-order valence-electron chi connectivity index (χ4n) is 1.55. The van der Waals surface area contributed by atoms with Crippen LogP contribution < -0.4 is 10.1 Å². The molecule has 102 valence electrons. The summed E-state index contributed by atoms with van der Waals surface area (Å²) in [5.41, 5.74) is 1.09. The molecule has 0 amide bonds. The molecule has 0 aromatic heterocycles. The van der Waals surface area contributed by atoms with Crippen molar-refractivity contribution in [3.63, 3.8) is 0 Å². The molecule has 0 fully saturated rings. The van der Waals surface area contributed by atoms with Crippen molar-refractivity contribution >= 4 is 5.69 Å². The van der Waals surface area contributed by atoms with E-state index >= 15 is 0 Å². The van der Waals surface area contributed by atoms with Crippen molar-refractivity contribution in [2.45, 2.75) is 6.92 Å². The number of methoxy groups -OCH3 is 2. The predicted molar refractivity (Wildman–Crippen MR) is 73.3 cm³/mol. The predicted octanol–water partition coefficient (Wildman–Crippen LogP) is 2.41. The third-order valence-electron chi connectivity index (χ3n) is 2.52. The summed E-state index contributed by atoms with van der Waals surface area (Å²) in [4.78, 5) is 0. The molecule has 1 aromatic carbocycles. The van der Waals surface area contributed by atoms with Gasteiger partial charge in [0.15, 0.2) is 0 Å². The summed E-state index contributed by atoms with van der Waals surface area (Å²) >= 11 is 0. The Hall–Kier alpha value is -1.26.